The van der Waals surface area contributed by atoms with E-state index in [1.54, 1.807) is 30.3 Å². The average Bonchev–Trinajstić information content (AvgIpc) is 3.30. The van der Waals surface area contributed by atoms with E-state index in [9.17, 15) is 14.4 Å². The van der Waals surface area contributed by atoms with Gasteiger partial charge < -0.3 is 9.64 Å². The Morgan fingerprint density at radius 3 is 2.26 bits per heavy atom. The number of rotatable bonds is 7. The van der Waals surface area contributed by atoms with Crippen molar-refractivity contribution in [2.24, 2.45) is 0 Å². The normalized spacial score (nSPS) is 13.8. The molecule has 1 heterocycles. The Morgan fingerprint density at radius 2 is 1.61 bits per heavy atom. The van der Waals surface area contributed by atoms with Crippen LogP contribution in [-0.4, -0.2) is 48.0 Å². The van der Waals surface area contributed by atoms with Crippen LogP contribution >= 0.6 is 11.8 Å². The number of carbonyl (C=O) groups is 3. The molecule has 1 saturated heterocycles. The van der Waals surface area contributed by atoms with Crippen LogP contribution in [0.25, 0.3) is 0 Å². The van der Waals surface area contributed by atoms with Crippen molar-refractivity contribution >= 4 is 29.4 Å². The molecule has 1 fully saturated rings. The number of Topliss-reactive ketones (excluding diaryl/α,β-unsaturated/α-hetero) is 1. The minimum absolute atomic E-state index is 0.00554. The van der Waals surface area contributed by atoms with Gasteiger partial charge in [-0.25, -0.2) is 4.79 Å². The van der Waals surface area contributed by atoms with Crippen molar-refractivity contribution in [2.75, 3.05) is 25.4 Å². The fraction of sp³-hybridized carbons (Fsp3) is 0.400. The van der Waals surface area contributed by atoms with Crippen molar-refractivity contribution in [3.8, 4) is 0 Å². The molecule has 0 unspecified atom stereocenters. The minimum atomic E-state index is -0.559. The highest BCUT2D eigenvalue weighted by molar-refractivity contribution is 8.00. The van der Waals surface area contributed by atoms with E-state index in [1.807, 2.05) is 23.1 Å². The second kappa shape index (κ2) is 10.1. The van der Waals surface area contributed by atoms with Crippen molar-refractivity contribution < 1.29 is 19.1 Å². The van der Waals surface area contributed by atoms with Crippen LogP contribution < -0.4 is 0 Å². The molecule has 0 N–H and O–H groups in total. The Morgan fingerprint density at radius 1 is 0.968 bits per heavy atom. The first kappa shape index (κ1) is 23.1. The fourth-order valence-electron chi connectivity index (χ4n) is 3.41. The van der Waals surface area contributed by atoms with Crippen LogP contribution in [0.3, 0.4) is 0 Å². The minimum Gasteiger partial charge on any atom is -0.454 e. The van der Waals surface area contributed by atoms with Gasteiger partial charge in [0.25, 0.3) is 0 Å². The molecule has 5 nitrogen and oxygen atoms in total. The lowest BCUT2D eigenvalue weighted by Crippen LogP contribution is -2.29. The van der Waals surface area contributed by atoms with Crippen LogP contribution in [0.4, 0.5) is 0 Å². The second-order valence-electron chi connectivity index (χ2n) is 8.70. The van der Waals surface area contributed by atoms with E-state index in [-0.39, 0.29) is 29.5 Å². The zero-order valence-corrected chi connectivity index (χ0v) is 19.2. The number of ether oxygens (including phenoxy) is 1. The Balaban J connectivity index is 1.57. The molecule has 0 saturated carbocycles. The molecular weight excluding hydrogens is 410 g/mol. The molecule has 3 rings (SSSR count). The zero-order valence-electron chi connectivity index (χ0n) is 18.3. The summed E-state index contributed by atoms with van der Waals surface area (Å²) >= 11 is 1.33. The number of amides is 1. The molecule has 164 valence electrons. The number of nitrogens with zero attached hydrogens (tertiary/aromatic N) is 1. The number of ketones is 1. The van der Waals surface area contributed by atoms with Gasteiger partial charge in [-0.15, -0.1) is 11.8 Å². The molecule has 0 bridgehead atoms. The summed E-state index contributed by atoms with van der Waals surface area (Å²) in [6, 6.07) is 14.4. The standard InChI is InChI=1S/C25H29NO4S/c1-25(2,3)19-12-10-18(11-13-19)21(27)16-30-24(29)20-8-4-5-9-22(20)31-17-23(28)26-14-6-7-15-26/h4-5,8-13H,6-7,14-17H2,1-3H3. The Hall–Kier alpha value is -2.60. The fourth-order valence-corrected chi connectivity index (χ4v) is 4.35. The third-order valence-electron chi connectivity index (χ3n) is 5.32. The van der Waals surface area contributed by atoms with Gasteiger partial charge in [-0.2, -0.15) is 0 Å². The van der Waals surface area contributed by atoms with Crippen LogP contribution in [0.2, 0.25) is 0 Å². The summed E-state index contributed by atoms with van der Waals surface area (Å²) < 4.78 is 5.29. The van der Waals surface area contributed by atoms with Crippen molar-refractivity contribution in [2.45, 2.75) is 43.9 Å². The Kier molecular flexibility index (Phi) is 7.55. The topological polar surface area (TPSA) is 63.7 Å². The summed E-state index contributed by atoms with van der Waals surface area (Å²) in [4.78, 5) is 39.9. The highest BCUT2D eigenvalue weighted by Gasteiger charge is 2.20. The number of hydrogen-bond donors (Lipinski definition) is 0. The summed E-state index contributed by atoms with van der Waals surface area (Å²) in [6.45, 7) is 7.63. The molecule has 2 aromatic carbocycles. The van der Waals surface area contributed by atoms with Gasteiger partial charge in [-0.05, 0) is 36.0 Å². The van der Waals surface area contributed by atoms with E-state index in [4.69, 9.17) is 4.74 Å². The lowest BCUT2D eigenvalue weighted by atomic mass is 9.86. The predicted octanol–water partition coefficient (Wildman–Crippen LogP) is 4.74. The van der Waals surface area contributed by atoms with E-state index in [1.165, 1.54) is 11.8 Å². The molecule has 1 amide bonds. The Bertz CT molecular complexity index is 941. The smallest absolute Gasteiger partial charge is 0.339 e. The highest BCUT2D eigenvalue weighted by atomic mass is 32.2. The molecule has 0 spiro atoms. The SMILES string of the molecule is CC(C)(C)c1ccc(C(=O)COC(=O)c2ccccc2SCC(=O)N2CCCC2)cc1. The van der Waals surface area contributed by atoms with E-state index < -0.39 is 5.97 Å². The molecule has 0 atom stereocenters. The number of esters is 1. The molecule has 31 heavy (non-hydrogen) atoms. The van der Waals surface area contributed by atoms with Crippen molar-refractivity contribution in [1.29, 1.82) is 0 Å². The van der Waals surface area contributed by atoms with Gasteiger partial charge in [-0.3, -0.25) is 9.59 Å². The maximum atomic E-state index is 12.6. The van der Waals surface area contributed by atoms with Gasteiger partial charge in [0, 0.05) is 23.5 Å². The highest BCUT2D eigenvalue weighted by Crippen LogP contribution is 2.25. The summed E-state index contributed by atoms with van der Waals surface area (Å²) in [6.07, 6.45) is 2.10. The van der Waals surface area contributed by atoms with Crippen LogP contribution in [0.1, 0.15) is 59.9 Å². The average molecular weight is 440 g/mol. The van der Waals surface area contributed by atoms with Crippen molar-refractivity contribution in [3.05, 3.63) is 65.2 Å². The third-order valence-corrected chi connectivity index (χ3v) is 6.38. The monoisotopic (exact) mass is 439 g/mol. The van der Waals surface area contributed by atoms with E-state index in [0.717, 1.165) is 31.5 Å². The van der Waals surface area contributed by atoms with Crippen LogP contribution in [0, 0.1) is 0 Å². The molecule has 0 aromatic heterocycles. The van der Waals surface area contributed by atoms with Crippen LogP contribution in [0.15, 0.2) is 53.4 Å². The molecule has 6 heteroatoms. The molecule has 2 aromatic rings. The first-order chi connectivity index (χ1) is 14.8. The van der Waals surface area contributed by atoms with Crippen LogP contribution in [0.5, 0.6) is 0 Å². The summed E-state index contributed by atoms with van der Waals surface area (Å²) in [5.74, 6) is -0.442. The molecule has 0 aliphatic carbocycles. The maximum absolute atomic E-state index is 12.6. The van der Waals surface area contributed by atoms with Gasteiger partial charge >= 0.3 is 5.97 Å². The largest absolute Gasteiger partial charge is 0.454 e. The summed E-state index contributed by atoms with van der Waals surface area (Å²) in [5.41, 5.74) is 2.03. The van der Waals surface area contributed by atoms with E-state index in [2.05, 4.69) is 20.8 Å². The first-order valence-corrected chi connectivity index (χ1v) is 11.5. The van der Waals surface area contributed by atoms with Crippen molar-refractivity contribution in [1.82, 2.24) is 4.90 Å². The third kappa shape index (κ3) is 6.20. The van der Waals surface area contributed by atoms with Gasteiger partial charge in [0.05, 0.1) is 11.3 Å². The predicted molar refractivity (Wildman–Crippen MR) is 123 cm³/mol. The van der Waals surface area contributed by atoms with Gasteiger partial charge in [0.15, 0.2) is 12.4 Å². The summed E-state index contributed by atoms with van der Waals surface area (Å²) in [7, 11) is 0. The first-order valence-electron chi connectivity index (χ1n) is 10.6. The van der Waals surface area contributed by atoms with Gasteiger partial charge in [0.1, 0.15) is 0 Å². The molecule has 0 radical (unpaired) electrons. The molecule has 1 aliphatic heterocycles. The Labute approximate surface area is 188 Å². The number of likely N-dealkylation sites (tertiary alicyclic amines) is 1. The van der Waals surface area contributed by atoms with Gasteiger partial charge in [0.2, 0.25) is 5.91 Å². The van der Waals surface area contributed by atoms with Crippen molar-refractivity contribution in [3.63, 3.8) is 0 Å². The number of thioether (sulfide) groups is 1. The quantitative estimate of drug-likeness (QED) is 0.354. The van der Waals surface area contributed by atoms with E-state index >= 15 is 0 Å². The van der Waals surface area contributed by atoms with E-state index in [0.29, 0.717) is 16.0 Å². The van der Waals surface area contributed by atoms with Gasteiger partial charge in [-0.1, -0.05) is 57.2 Å². The number of carbonyl (C=O) groups excluding carboxylic acids is 3. The number of benzene rings is 2. The summed E-state index contributed by atoms with van der Waals surface area (Å²) in [5, 5.41) is 0. The molecule has 1 aliphatic rings. The lowest BCUT2D eigenvalue weighted by Gasteiger charge is -2.19. The second-order valence-corrected chi connectivity index (χ2v) is 9.72. The number of hydrogen-bond acceptors (Lipinski definition) is 5. The van der Waals surface area contributed by atoms with Crippen LogP contribution in [-0.2, 0) is 14.9 Å². The maximum Gasteiger partial charge on any atom is 0.339 e. The lowest BCUT2D eigenvalue weighted by molar-refractivity contribution is -0.127. The zero-order chi connectivity index (χ0) is 22.4. The molecular formula is C25H29NO4S.